The molecule has 1 aromatic rings. The van der Waals surface area contributed by atoms with Crippen molar-refractivity contribution in [1.29, 1.82) is 0 Å². The van der Waals surface area contributed by atoms with E-state index in [-0.39, 0.29) is 15.9 Å². The van der Waals surface area contributed by atoms with Crippen molar-refractivity contribution in [3.63, 3.8) is 0 Å². The molecule has 0 aromatic carbocycles. The Labute approximate surface area is 106 Å². The molecule has 92 valence electrons. The first-order valence-corrected chi connectivity index (χ1v) is 5.18. The Morgan fingerprint density at radius 1 is 1.35 bits per heavy atom. The highest BCUT2D eigenvalue weighted by Gasteiger charge is 2.15. The van der Waals surface area contributed by atoms with E-state index in [4.69, 9.17) is 33.4 Å². The first-order valence-electron chi connectivity index (χ1n) is 4.42. The number of aliphatic hydroxyl groups is 1. The molecule has 0 aliphatic rings. The molecule has 17 heavy (non-hydrogen) atoms. The molecule has 0 bridgehead atoms. The Kier molecular flexibility index (Phi) is 4.68. The molecule has 0 saturated heterocycles. The molecule has 1 rings (SSSR count). The Morgan fingerprint density at radius 2 is 1.88 bits per heavy atom. The molecule has 1 unspecified atom stereocenters. The summed E-state index contributed by atoms with van der Waals surface area (Å²) in [5.41, 5.74) is 0.132. The first kappa shape index (κ1) is 13.7. The maximum Gasteiger partial charge on any atom is 0.334 e. The van der Waals surface area contributed by atoms with Crippen molar-refractivity contribution in [2.75, 3.05) is 6.54 Å². The Bertz CT molecular complexity index is 432. The van der Waals surface area contributed by atoms with Crippen LogP contribution in [0.4, 0.5) is 0 Å². The van der Waals surface area contributed by atoms with Gasteiger partial charge in [-0.05, 0) is 12.1 Å². The molecule has 1 atom stereocenters. The van der Waals surface area contributed by atoms with Gasteiger partial charge >= 0.3 is 5.97 Å². The van der Waals surface area contributed by atoms with Gasteiger partial charge in [-0.1, -0.05) is 23.2 Å². The summed E-state index contributed by atoms with van der Waals surface area (Å²) in [7, 11) is 0. The van der Waals surface area contributed by atoms with Gasteiger partial charge in [-0.2, -0.15) is 0 Å². The minimum absolute atomic E-state index is 0.0430. The zero-order chi connectivity index (χ0) is 13.0. The topological polar surface area (TPSA) is 99.5 Å². The van der Waals surface area contributed by atoms with Crippen LogP contribution in [0.5, 0.6) is 0 Å². The number of carboxylic acids is 1. The van der Waals surface area contributed by atoms with E-state index in [9.17, 15) is 9.59 Å². The number of nitrogens with one attached hydrogen (secondary N) is 1. The predicted molar refractivity (Wildman–Crippen MR) is 60.2 cm³/mol. The van der Waals surface area contributed by atoms with E-state index in [2.05, 4.69) is 10.3 Å². The predicted octanol–water partition coefficient (Wildman–Crippen LogP) is 0.564. The van der Waals surface area contributed by atoms with Gasteiger partial charge < -0.3 is 15.5 Å². The highest BCUT2D eigenvalue weighted by Crippen LogP contribution is 2.14. The number of carbonyl (C=O) groups excluding carboxylic acids is 1. The normalized spacial score (nSPS) is 11.9. The van der Waals surface area contributed by atoms with Crippen molar-refractivity contribution in [2.24, 2.45) is 0 Å². The van der Waals surface area contributed by atoms with Crippen LogP contribution in [0.3, 0.4) is 0 Å². The van der Waals surface area contributed by atoms with Crippen LogP contribution in [0.1, 0.15) is 10.4 Å². The Morgan fingerprint density at radius 3 is 2.35 bits per heavy atom. The van der Waals surface area contributed by atoms with Gasteiger partial charge in [-0.25, -0.2) is 9.78 Å². The molecule has 0 aliphatic carbocycles. The van der Waals surface area contributed by atoms with Gasteiger partial charge in [-0.15, -0.1) is 0 Å². The number of halogens is 2. The average molecular weight is 279 g/mol. The molecule has 1 amide bonds. The van der Waals surface area contributed by atoms with Crippen LogP contribution in [0, 0.1) is 0 Å². The van der Waals surface area contributed by atoms with Gasteiger partial charge in [0, 0.05) is 5.56 Å². The quantitative estimate of drug-likeness (QED) is 0.699. The molecule has 8 heteroatoms. The smallest absolute Gasteiger partial charge is 0.334 e. The van der Waals surface area contributed by atoms with Crippen molar-refractivity contribution in [3.8, 4) is 0 Å². The molecular weight excluding hydrogens is 271 g/mol. The van der Waals surface area contributed by atoms with Crippen LogP contribution in [0.25, 0.3) is 0 Å². The summed E-state index contributed by atoms with van der Waals surface area (Å²) in [5, 5.41) is 19.7. The lowest BCUT2D eigenvalue weighted by molar-refractivity contribution is -0.146. The number of hydrogen-bond acceptors (Lipinski definition) is 4. The second-order valence-corrected chi connectivity index (χ2v) is 3.84. The molecule has 0 aliphatic heterocycles. The summed E-state index contributed by atoms with van der Waals surface area (Å²) in [5.74, 6) is -2.02. The van der Waals surface area contributed by atoms with Crippen LogP contribution in [-0.4, -0.2) is 39.7 Å². The third-order valence-corrected chi connectivity index (χ3v) is 2.15. The highest BCUT2D eigenvalue weighted by molar-refractivity contribution is 6.33. The van der Waals surface area contributed by atoms with E-state index in [0.717, 1.165) is 0 Å². The van der Waals surface area contributed by atoms with Gasteiger partial charge in [0.15, 0.2) is 6.10 Å². The van der Waals surface area contributed by atoms with E-state index < -0.39 is 24.5 Å². The fourth-order valence-corrected chi connectivity index (χ4v) is 1.44. The maximum absolute atomic E-state index is 11.5. The summed E-state index contributed by atoms with van der Waals surface area (Å²) >= 11 is 11.2. The fourth-order valence-electron chi connectivity index (χ4n) is 0.975. The number of aliphatic hydroxyl groups excluding tert-OH is 1. The highest BCUT2D eigenvalue weighted by atomic mass is 35.5. The monoisotopic (exact) mass is 278 g/mol. The lowest BCUT2D eigenvalue weighted by atomic mass is 10.2. The van der Waals surface area contributed by atoms with Crippen molar-refractivity contribution in [1.82, 2.24) is 10.3 Å². The zero-order valence-corrected chi connectivity index (χ0v) is 9.87. The van der Waals surface area contributed by atoms with E-state index in [1.807, 2.05) is 0 Å². The number of hydrogen-bond donors (Lipinski definition) is 3. The van der Waals surface area contributed by atoms with Gasteiger partial charge in [-0.3, -0.25) is 4.79 Å². The number of aromatic nitrogens is 1. The van der Waals surface area contributed by atoms with Gasteiger partial charge in [0.2, 0.25) is 0 Å². The number of aliphatic carboxylic acids is 1. The standard InChI is InChI=1S/C9H8Cl2N2O4/c10-6-1-4(2-7(11)13-6)8(15)12-3-5(14)9(16)17/h1-2,5,14H,3H2,(H,12,15)(H,16,17). The van der Waals surface area contributed by atoms with Crippen molar-refractivity contribution >= 4 is 35.1 Å². The van der Waals surface area contributed by atoms with Gasteiger partial charge in [0.1, 0.15) is 10.3 Å². The average Bonchev–Trinajstić information content (AvgIpc) is 2.23. The number of nitrogens with zero attached hydrogens (tertiary/aromatic N) is 1. The largest absolute Gasteiger partial charge is 0.479 e. The van der Waals surface area contributed by atoms with E-state index in [1.54, 1.807) is 0 Å². The maximum atomic E-state index is 11.5. The van der Waals surface area contributed by atoms with Crippen molar-refractivity contribution < 1.29 is 19.8 Å². The van der Waals surface area contributed by atoms with Crippen LogP contribution >= 0.6 is 23.2 Å². The number of carboxylic acid groups (broad SMARTS) is 1. The summed E-state index contributed by atoms with van der Waals surface area (Å²) < 4.78 is 0. The first-order chi connectivity index (χ1) is 7.90. The van der Waals surface area contributed by atoms with Crippen LogP contribution in [0.2, 0.25) is 10.3 Å². The van der Waals surface area contributed by atoms with Crippen molar-refractivity contribution in [2.45, 2.75) is 6.10 Å². The molecule has 0 radical (unpaired) electrons. The molecule has 1 aromatic heterocycles. The van der Waals surface area contributed by atoms with E-state index in [1.165, 1.54) is 12.1 Å². The fraction of sp³-hybridized carbons (Fsp3) is 0.222. The Balaban J connectivity index is 2.67. The summed E-state index contributed by atoms with van der Waals surface area (Å²) in [6, 6.07) is 2.55. The van der Waals surface area contributed by atoms with E-state index in [0.29, 0.717) is 0 Å². The Hall–Kier alpha value is -1.37. The molecule has 0 saturated carbocycles. The summed E-state index contributed by atoms with van der Waals surface area (Å²) in [6.45, 7) is -0.411. The van der Waals surface area contributed by atoms with Gasteiger partial charge in [0.25, 0.3) is 5.91 Å². The van der Waals surface area contributed by atoms with Gasteiger partial charge in [0.05, 0.1) is 6.54 Å². The SMILES string of the molecule is O=C(NCC(O)C(=O)O)c1cc(Cl)nc(Cl)c1. The van der Waals surface area contributed by atoms with E-state index >= 15 is 0 Å². The summed E-state index contributed by atoms with van der Waals surface area (Å²) in [6.07, 6.45) is -1.66. The second-order valence-electron chi connectivity index (χ2n) is 3.07. The number of pyridine rings is 1. The molecule has 0 spiro atoms. The second kappa shape index (κ2) is 5.81. The third-order valence-electron chi connectivity index (χ3n) is 1.77. The number of carbonyl (C=O) groups is 2. The third kappa shape index (κ3) is 4.18. The van der Waals surface area contributed by atoms with Crippen LogP contribution in [-0.2, 0) is 4.79 Å². The zero-order valence-electron chi connectivity index (χ0n) is 8.35. The molecule has 3 N–H and O–H groups in total. The number of amides is 1. The van der Waals surface area contributed by atoms with Crippen LogP contribution in [0.15, 0.2) is 12.1 Å². The molecule has 1 heterocycles. The van der Waals surface area contributed by atoms with Crippen LogP contribution < -0.4 is 5.32 Å². The minimum atomic E-state index is -1.66. The molecular formula is C9H8Cl2N2O4. The van der Waals surface area contributed by atoms with Crippen molar-refractivity contribution in [3.05, 3.63) is 28.0 Å². The minimum Gasteiger partial charge on any atom is -0.479 e. The summed E-state index contributed by atoms with van der Waals surface area (Å²) in [4.78, 5) is 25.5. The molecule has 6 nitrogen and oxygen atoms in total. The number of rotatable bonds is 4. The lowest BCUT2D eigenvalue weighted by Crippen LogP contribution is -2.36. The molecule has 0 fully saturated rings. The lowest BCUT2D eigenvalue weighted by Gasteiger charge is -2.08.